The van der Waals surface area contributed by atoms with E-state index in [2.05, 4.69) is 15.8 Å². The summed E-state index contributed by atoms with van der Waals surface area (Å²) in [5.41, 5.74) is 5.18. The molecule has 1 aromatic carbocycles. The highest BCUT2D eigenvalue weighted by Gasteiger charge is 2.14. The Balaban J connectivity index is 1.78. The fourth-order valence-corrected chi connectivity index (χ4v) is 2.32. The van der Waals surface area contributed by atoms with Crippen molar-refractivity contribution in [2.24, 2.45) is 0 Å². The molecule has 0 unspecified atom stereocenters. The fourth-order valence-electron chi connectivity index (χ4n) is 2.32. The lowest BCUT2D eigenvalue weighted by Gasteiger charge is -2.26. The number of carbonyl (C=O) groups is 2. The summed E-state index contributed by atoms with van der Waals surface area (Å²) in [6, 6.07) is 4.78. The number of morpholine rings is 1. The number of benzene rings is 1. The van der Waals surface area contributed by atoms with E-state index in [0.29, 0.717) is 43.2 Å². The predicted molar refractivity (Wildman–Crippen MR) is 87.0 cm³/mol. The van der Waals surface area contributed by atoms with Crippen LogP contribution in [-0.2, 0) is 9.53 Å². The lowest BCUT2D eigenvalue weighted by atomic mass is 10.2. The molecule has 8 nitrogen and oxygen atoms in total. The largest absolute Gasteiger partial charge is 0.493 e. The van der Waals surface area contributed by atoms with Gasteiger partial charge in [0.15, 0.2) is 11.5 Å². The molecule has 0 radical (unpaired) electrons. The molecule has 0 atom stereocenters. The lowest BCUT2D eigenvalue weighted by Crippen LogP contribution is -2.44. The summed E-state index contributed by atoms with van der Waals surface area (Å²) in [6.45, 7) is 3.67. The quantitative estimate of drug-likeness (QED) is 0.720. The Kier molecular flexibility index (Phi) is 6.83. The number of hydrogen-bond donors (Lipinski definition) is 2. The van der Waals surface area contributed by atoms with Crippen molar-refractivity contribution in [1.29, 1.82) is 0 Å². The molecule has 1 heterocycles. The zero-order valence-corrected chi connectivity index (χ0v) is 14.0. The van der Waals surface area contributed by atoms with E-state index in [0.717, 1.165) is 13.1 Å². The van der Waals surface area contributed by atoms with Crippen molar-refractivity contribution in [1.82, 2.24) is 15.8 Å². The second kappa shape index (κ2) is 9.09. The number of rotatable bonds is 6. The van der Waals surface area contributed by atoms with Crippen LogP contribution < -0.4 is 20.3 Å². The van der Waals surface area contributed by atoms with Crippen LogP contribution in [0, 0.1) is 0 Å². The highest BCUT2D eigenvalue weighted by atomic mass is 16.5. The van der Waals surface area contributed by atoms with Crippen molar-refractivity contribution in [3.8, 4) is 11.5 Å². The summed E-state index contributed by atoms with van der Waals surface area (Å²) in [7, 11) is 3.01. The number of ether oxygens (including phenoxy) is 3. The van der Waals surface area contributed by atoms with Gasteiger partial charge in [-0.1, -0.05) is 0 Å². The Labute approximate surface area is 141 Å². The Morgan fingerprint density at radius 2 is 1.83 bits per heavy atom. The molecule has 2 amide bonds. The molecular weight excluding hydrogens is 314 g/mol. The van der Waals surface area contributed by atoms with Crippen molar-refractivity contribution in [2.45, 2.75) is 6.42 Å². The van der Waals surface area contributed by atoms with Crippen molar-refractivity contribution in [3.63, 3.8) is 0 Å². The molecule has 0 saturated carbocycles. The molecule has 0 aliphatic carbocycles. The fraction of sp³-hybridized carbons (Fsp3) is 0.500. The summed E-state index contributed by atoms with van der Waals surface area (Å²) < 4.78 is 15.5. The normalized spacial score (nSPS) is 14.8. The second-order valence-corrected chi connectivity index (χ2v) is 5.28. The van der Waals surface area contributed by atoms with Crippen LogP contribution in [0.3, 0.4) is 0 Å². The van der Waals surface area contributed by atoms with Crippen LogP contribution in [0.15, 0.2) is 18.2 Å². The number of nitrogens with one attached hydrogen (secondary N) is 2. The van der Waals surface area contributed by atoms with Crippen LogP contribution in [0.4, 0.5) is 0 Å². The molecule has 1 saturated heterocycles. The Bertz CT molecular complexity index is 573. The summed E-state index contributed by atoms with van der Waals surface area (Å²) in [4.78, 5) is 26.0. The summed E-state index contributed by atoms with van der Waals surface area (Å²) in [6.07, 6.45) is 0.312. The van der Waals surface area contributed by atoms with Gasteiger partial charge in [0.05, 0.1) is 27.4 Å². The summed E-state index contributed by atoms with van der Waals surface area (Å²) in [5.74, 6) is 0.318. The molecular formula is C16H23N3O5. The van der Waals surface area contributed by atoms with E-state index >= 15 is 0 Å². The standard InChI is InChI=1S/C16H23N3O5/c1-22-13-4-3-12(11-14(13)23-2)16(21)18-17-15(20)5-6-19-7-9-24-10-8-19/h3-4,11H,5-10H2,1-2H3,(H,17,20)(H,18,21). The molecule has 8 heteroatoms. The number of hydrogen-bond acceptors (Lipinski definition) is 6. The molecule has 0 bridgehead atoms. The topological polar surface area (TPSA) is 89.1 Å². The van der Waals surface area contributed by atoms with Crippen molar-refractivity contribution >= 4 is 11.8 Å². The maximum absolute atomic E-state index is 12.1. The van der Waals surface area contributed by atoms with Gasteiger partial charge in [-0.15, -0.1) is 0 Å². The first-order valence-electron chi connectivity index (χ1n) is 7.75. The Hall–Kier alpha value is -2.32. The second-order valence-electron chi connectivity index (χ2n) is 5.28. The molecule has 24 heavy (non-hydrogen) atoms. The summed E-state index contributed by atoms with van der Waals surface area (Å²) in [5, 5.41) is 0. The zero-order chi connectivity index (χ0) is 17.4. The molecule has 132 valence electrons. The number of amides is 2. The van der Waals surface area contributed by atoms with Gasteiger partial charge in [-0.2, -0.15) is 0 Å². The minimum atomic E-state index is -0.421. The maximum atomic E-state index is 12.1. The van der Waals surface area contributed by atoms with Crippen LogP contribution in [0.5, 0.6) is 11.5 Å². The Morgan fingerprint density at radius 1 is 1.12 bits per heavy atom. The Morgan fingerprint density at radius 3 is 2.50 bits per heavy atom. The minimum Gasteiger partial charge on any atom is -0.493 e. The van der Waals surface area contributed by atoms with Crippen LogP contribution >= 0.6 is 0 Å². The highest BCUT2D eigenvalue weighted by molar-refractivity contribution is 5.96. The summed E-state index contributed by atoms with van der Waals surface area (Å²) >= 11 is 0. The SMILES string of the molecule is COc1ccc(C(=O)NNC(=O)CCN2CCOCC2)cc1OC. The molecule has 2 N–H and O–H groups in total. The number of hydrazine groups is 1. The number of nitrogens with zero attached hydrogens (tertiary/aromatic N) is 1. The van der Waals surface area contributed by atoms with Gasteiger partial charge in [-0.25, -0.2) is 0 Å². The number of methoxy groups -OCH3 is 2. The van der Waals surface area contributed by atoms with Crippen LogP contribution in [-0.4, -0.2) is 63.8 Å². The first kappa shape index (κ1) is 18.0. The van der Waals surface area contributed by atoms with Crippen LogP contribution in [0.2, 0.25) is 0 Å². The monoisotopic (exact) mass is 337 g/mol. The molecule has 1 aliphatic heterocycles. The van der Waals surface area contributed by atoms with Crippen LogP contribution in [0.1, 0.15) is 16.8 Å². The zero-order valence-electron chi connectivity index (χ0n) is 14.0. The third-order valence-electron chi connectivity index (χ3n) is 3.72. The first-order chi connectivity index (χ1) is 11.6. The van der Waals surface area contributed by atoms with E-state index in [1.807, 2.05) is 0 Å². The molecule has 0 aromatic heterocycles. The van der Waals surface area contributed by atoms with Crippen molar-refractivity contribution < 1.29 is 23.8 Å². The first-order valence-corrected chi connectivity index (χ1v) is 7.75. The highest BCUT2D eigenvalue weighted by Crippen LogP contribution is 2.27. The number of carbonyl (C=O) groups excluding carboxylic acids is 2. The van der Waals surface area contributed by atoms with Crippen LogP contribution in [0.25, 0.3) is 0 Å². The lowest BCUT2D eigenvalue weighted by molar-refractivity contribution is -0.122. The smallest absolute Gasteiger partial charge is 0.269 e. The molecule has 1 aliphatic rings. The molecule has 1 aromatic rings. The van der Waals surface area contributed by atoms with Crippen molar-refractivity contribution in [2.75, 3.05) is 47.1 Å². The van der Waals surface area contributed by atoms with E-state index in [9.17, 15) is 9.59 Å². The van der Waals surface area contributed by atoms with Gasteiger partial charge in [-0.3, -0.25) is 25.3 Å². The average molecular weight is 337 g/mol. The molecule has 2 rings (SSSR count). The van der Waals surface area contributed by atoms with E-state index in [1.54, 1.807) is 18.2 Å². The molecule has 1 fully saturated rings. The van der Waals surface area contributed by atoms with Gasteiger partial charge in [0, 0.05) is 31.6 Å². The minimum absolute atomic E-state index is 0.240. The average Bonchev–Trinajstić information content (AvgIpc) is 2.64. The van der Waals surface area contributed by atoms with Gasteiger partial charge in [0.25, 0.3) is 5.91 Å². The van der Waals surface area contributed by atoms with Gasteiger partial charge >= 0.3 is 0 Å². The van der Waals surface area contributed by atoms with E-state index in [-0.39, 0.29) is 5.91 Å². The van der Waals surface area contributed by atoms with Gasteiger partial charge in [-0.05, 0) is 18.2 Å². The van der Waals surface area contributed by atoms with Crippen molar-refractivity contribution in [3.05, 3.63) is 23.8 Å². The predicted octanol–water partition coefficient (Wildman–Crippen LogP) is 0.187. The molecule has 0 spiro atoms. The third-order valence-corrected chi connectivity index (χ3v) is 3.72. The van der Waals surface area contributed by atoms with E-state index in [1.165, 1.54) is 14.2 Å². The van der Waals surface area contributed by atoms with Gasteiger partial charge in [0.1, 0.15) is 0 Å². The van der Waals surface area contributed by atoms with E-state index < -0.39 is 5.91 Å². The van der Waals surface area contributed by atoms with Gasteiger partial charge < -0.3 is 14.2 Å². The van der Waals surface area contributed by atoms with Gasteiger partial charge in [0.2, 0.25) is 5.91 Å². The van der Waals surface area contributed by atoms with E-state index in [4.69, 9.17) is 14.2 Å². The third kappa shape index (κ3) is 5.10. The maximum Gasteiger partial charge on any atom is 0.269 e.